The van der Waals surface area contributed by atoms with Crippen LogP contribution in [-0.4, -0.2) is 17.7 Å². The third kappa shape index (κ3) is 3.39. The molecule has 0 spiro atoms. The maximum absolute atomic E-state index is 11.6. The maximum Gasteiger partial charge on any atom is 0.262 e. The molecule has 0 saturated heterocycles. The minimum Gasteiger partial charge on any atom is -0.342 e. The molecule has 0 aliphatic rings. The highest BCUT2D eigenvalue weighted by molar-refractivity contribution is 9.13. The number of rotatable bonds is 3. The first-order valence-corrected chi connectivity index (χ1v) is 6.58. The van der Waals surface area contributed by atoms with Crippen LogP contribution in [0.2, 0.25) is 0 Å². The predicted molar refractivity (Wildman–Crippen MR) is 67.3 cm³/mol. The summed E-state index contributed by atoms with van der Waals surface area (Å²) < 4.78 is 1.70. The van der Waals surface area contributed by atoms with Crippen molar-refractivity contribution in [2.45, 2.75) is 19.9 Å². The van der Waals surface area contributed by atoms with E-state index < -0.39 is 6.04 Å². The molecule has 1 atom stereocenters. The van der Waals surface area contributed by atoms with Crippen LogP contribution in [0.25, 0.3) is 0 Å². The average molecular weight is 355 g/mol. The van der Waals surface area contributed by atoms with Gasteiger partial charge in [0.05, 0.1) is 14.7 Å². The number of carbonyl (C=O) groups excluding carboxylic acids is 2. The molecule has 0 saturated carbocycles. The molecule has 0 radical (unpaired) electrons. The molecule has 15 heavy (non-hydrogen) atoms. The summed E-state index contributed by atoms with van der Waals surface area (Å²) in [4.78, 5) is 23.2. The molecule has 0 bridgehead atoms. The first kappa shape index (κ1) is 12.9. The number of ketones is 1. The van der Waals surface area contributed by atoms with Gasteiger partial charge in [0.2, 0.25) is 0 Å². The van der Waals surface area contributed by atoms with Gasteiger partial charge in [-0.1, -0.05) is 0 Å². The lowest BCUT2D eigenvalue weighted by Crippen LogP contribution is -2.36. The number of halogens is 2. The van der Waals surface area contributed by atoms with E-state index in [4.69, 9.17) is 0 Å². The van der Waals surface area contributed by atoms with Crippen LogP contribution >= 0.6 is 43.2 Å². The fourth-order valence-corrected chi connectivity index (χ4v) is 2.77. The SMILES string of the molecule is CC(=O)C(C)NC(=O)c1cc(Br)c(Br)s1. The lowest BCUT2D eigenvalue weighted by molar-refractivity contribution is -0.118. The Morgan fingerprint density at radius 2 is 2.07 bits per heavy atom. The number of amides is 1. The summed E-state index contributed by atoms with van der Waals surface area (Å²) in [6.07, 6.45) is 0. The van der Waals surface area contributed by atoms with Crippen molar-refractivity contribution in [2.75, 3.05) is 0 Å². The fraction of sp³-hybridized carbons (Fsp3) is 0.333. The normalized spacial score (nSPS) is 12.3. The van der Waals surface area contributed by atoms with Crippen molar-refractivity contribution < 1.29 is 9.59 Å². The third-order valence-electron chi connectivity index (χ3n) is 1.83. The predicted octanol–water partition coefficient (Wildman–Crippen LogP) is 2.98. The molecular formula is C9H9Br2NO2S. The lowest BCUT2D eigenvalue weighted by Gasteiger charge is -2.08. The van der Waals surface area contributed by atoms with Crippen molar-refractivity contribution in [2.24, 2.45) is 0 Å². The molecule has 1 unspecified atom stereocenters. The lowest BCUT2D eigenvalue weighted by atomic mass is 10.2. The molecule has 82 valence electrons. The second-order valence-corrected chi connectivity index (χ2v) is 6.26. The highest BCUT2D eigenvalue weighted by atomic mass is 79.9. The summed E-state index contributed by atoms with van der Waals surface area (Å²) in [5.41, 5.74) is 0. The highest BCUT2D eigenvalue weighted by Gasteiger charge is 2.16. The van der Waals surface area contributed by atoms with E-state index in [1.165, 1.54) is 18.3 Å². The summed E-state index contributed by atoms with van der Waals surface area (Å²) in [5, 5.41) is 2.62. The third-order valence-corrected chi connectivity index (χ3v) is 5.08. The second-order valence-electron chi connectivity index (χ2n) is 3.04. The molecule has 1 amide bonds. The average Bonchev–Trinajstić information content (AvgIpc) is 2.46. The standard InChI is InChI=1S/C9H9Br2NO2S/c1-4(5(2)13)12-9(14)7-3-6(10)8(11)15-7/h3-4H,1-2H3,(H,12,14). The molecule has 1 aromatic rings. The molecule has 0 fully saturated rings. The van der Waals surface area contributed by atoms with Crippen LogP contribution in [0.15, 0.2) is 14.3 Å². The van der Waals surface area contributed by atoms with E-state index >= 15 is 0 Å². The van der Waals surface area contributed by atoms with E-state index in [-0.39, 0.29) is 11.7 Å². The van der Waals surface area contributed by atoms with Gasteiger partial charge in [-0.3, -0.25) is 9.59 Å². The van der Waals surface area contributed by atoms with Gasteiger partial charge in [-0.2, -0.15) is 0 Å². The van der Waals surface area contributed by atoms with Crippen molar-refractivity contribution in [1.29, 1.82) is 0 Å². The molecule has 6 heteroatoms. The molecule has 1 N–H and O–H groups in total. The van der Waals surface area contributed by atoms with Gasteiger partial charge in [-0.05, 0) is 51.8 Å². The Balaban J connectivity index is 2.73. The minimum absolute atomic E-state index is 0.0574. The number of carbonyl (C=O) groups is 2. The van der Waals surface area contributed by atoms with E-state index in [9.17, 15) is 9.59 Å². The number of thiophene rings is 1. The zero-order valence-electron chi connectivity index (χ0n) is 8.14. The summed E-state index contributed by atoms with van der Waals surface area (Å²) in [7, 11) is 0. The van der Waals surface area contributed by atoms with Gasteiger partial charge in [0.25, 0.3) is 5.91 Å². The second kappa shape index (κ2) is 5.23. The van der Waals surface area contributed by atoms with Crippen LogP contribution in [-0.2, 0) is 4.79 Å². The summed E-state index contributed by atoms with van der Waals surface area (Å²) >= 11 is 7.92. The highest BCUT2D eigenvalue weighted by Crippen LogP contribution is 2.32. The van der Waals surface area contributed by atoms with Gasteiger partial charge in [-0.25, -0.2) is 0 Å². The summed E-state index contributed by atoms with van der Waals surface area (Å²) in [5.74, 6) is -0.285. The van der Waals surface area contributed by atoms with E-state index in [0.717, 1.165) is 8.26 Å². The first-order chi connectivity index (χ1) is 6.91. The Bertz CT molecular complexity index is 383. The van der Waals surface area contributed by atoms with Crippen LogP contribution in [0.1, 0.15) is 23.5 Å². The number of Topliss-reactive ketones (excluding diaryl/α,β-unsaturated/α-hetero) is 1. The van der Waals surface area contributed by atoms with Gasteiger partial charge >= 0.3 is 0 Å². The largest absolute Gasteiger partial charge is 0.342 e. The van der Waals surface area contributed by atoms with Crippen LogP contribution < -0.4 is 5.32 Å². The van der Waals surface area contributed by atoms with E-state index in [2.05, 4.69) is 37.2 Å². The number of nitrogens with one attached hydrogen (secondary N) is 1. The summed E-state index contributed by atoms with van der Waals surface area (Å²) in [6, 6.07) is 1.27. The number of hydrogen-bond donors (Lipinski definition) is 1. The molecule has 0 aliphatic heterocycles. The molecule has 1 rings (SSSR count). The van der Waals surface area contributed by atoms with Crippen LogP contribution in [0.5, 0.6) is 0 Å². The molecule has 1 aromatic heterocycles. The molecule has 1 heterocycles. The van der Waals surface area contributed by atoms with Crippen molar-refractivity contribution in [3.63, 3.8) is 0 Å². The first-order valence-electron chi connectivity index (χ1n) is 4.18. The van der Waals surface area contributed by atoms with Gasteiger partial charge in [0, 0.05) is 4.47 Å². The van der Waals surface area contributed by atoms with E-state index in [1.54, 1.807) is 13.0 Å². The Hall–Kier alpha value is -0.200. The molecule has 3 nitrogen and oxygen atoms in total. The number of hydrogen-bond acceptors (Lipinski definition) is 3. The van der Waals surface area contributed by atoms with Crippen LogP contribution in [0.4, 0.5) is 0 Å². The molecule has 0 aliphatic carbocycles. The quantitative estimate of drug-likeness (QED) is 0.906. The van der Waals surface area contributed by atoms with Gasteiger partial charge in [0.15, 0.2) is 5.78 Å². The van der Waals surface area contributed by atoms with Gasteiger partial charge in [-0.15, -0.1) is 11.3 Å². The van der Waals surface area contributed by atoms with Crippen molar-refractivity contribution in [3.05, 3.63) is 19.2 Å². The Labute approximate surface area is 109 Å². The smallest absolute Gasteiger partial charge is 0.262 e. The van der Waals surface area contributed by atoms with Crippen molar-refractivity contribution >= 4 is 54.9 Å². The Morgan fingerprint density at radius 3 is 2.47 bits per heavy atom. The van der Waals surface area contributed by atoms with Crippen molar-refractivity contribution in [1.82, 2.24) is 5.32 Å². The molecule has 0 aromatic carbocycles. The van der Waals surface area contributed by atoms with Crippen LogP contribution in [0.3, 0.4) is 0 Å². The zero-order valence-corrected chi connectivity index (χ0v) is 12.1. The summed E-state index contributed by atoms with van der Waals surface area (Å²) in [6.45, 7) is 3.11. The van der Waals surface area contributed by atoms with Crippen molar-refractivity contribution in [3.8, 4) is 0 Å². The Morgan fingerprint density at radius 1 is 1.47 bits per heavy atom. The topological polar surface area (TPSA) is 46.2 Å². The Kier molecular flexibility index (Phi) is 4.48. The van der Waals surface area contributed by atoms with Crippen LogP contribution in [0, 0.1) is 0 Å². The maximum atomic E-state index is 11.6. The fourth-order valence-electron chi connectivity index (χ4n) is 0.828. The van der Waals surface area contributed by atoms with E-state index in [0.29, 0.717) is 4.88 Å². The minimum atomic E-state index is -0.447. The van der Waals surface area contributed by atoms with Gasteiger partial charge < -0.3 is 5.32 Å². The van der Waals surface area contributed by atoms with E-state index in [1.807, 2.05) is 0 Å². The van der Waals surface area contributed by atoms with Gasteiger partial charge in [0.1, 0.15) is 0 Å². The molecular weight excluding hydrogens is 346 g/mol. The monoisotopic (exact) mass is 353 g/mol. The zero-order chi connectivity index (χ0) is 11.6.